The molecule has 7 heteroatoms. The van der Waals surface area contributed by atoms with Crippen molar-refractivity contribution in [1.82, 2.24) is 9.80 Å². The molecule has 0 N–H and O–H groups in total. The molecule has 2 heterocycles. The van der Waals surface area contributed by atoms with Crippen molar-refractivity contribution in [1.29, 1.82) is 0 Å². The highest BCUT2D eigenvalue weighted by molar-refractivity contribution is 9.13. The minimum absolute atomic E-state index is 0.190. The summed E-state index contributed by atoms with van der Waals surface area (Å²) in [5.74, 6) is -0.251. The Labute approximate surface area is 196 Å². The molecule has 2 atom stereocenters. The molecule has 2 aliphatic heterocycles. The number of nitrogens with zero attached hydrogens (tertiary/aromatic N) is 2. The third-order valence-electron chi connectivity index (χ3n) is 6.44. The normalized spacial score (nSPS) is 25.8. The fourth-order valence-electron chi connectivity index (χ4n) is 5.02. The first-order chi connectivity index (χ1) is 14.5. The van der Waals surface area contributed by atoms with Gasteiger partial charge in [-0.2, -0.15) is 0 Å². The number of carbonyl (C=O) groups excluding carboxylic acids is 1. The molecule has 1 amide bonds. The molecule has 0 radical (unpaired) electrons. The van der Waals surface area contributed by atoms with Crippen LogP contribution >= 0.6 is 31.9 Å². The van der Waals surface area contributed by atoms with Gasteiger partial charge < -0.3 is 14.4 Å². The number of amides is 1. The van der Waals surface area contributed by atoms with Gasteiger partial charge in [0.2, 0.25) is 5.91 Å². The van der Waals surface area contributed by atoms with Crippen LogP contribution in [0.5, 0.6) is 0 Å². The molecule has 1 spiro atoms. The second-order valence-corrected chi connectivity index (χ2v) is 10.1. The van der Waals surface area contributed by atoms with Crippen molar-refractivity contribution in [3.05, 3.63) is 44.9 Å². The summed E-state index contributed by atoms with van der Waals surface area (Å²) in [6, 6.07) is 6.49. The first-order valence-corrected chi connectivity index (χ1v) is 12.5. The first kappa shape index (κ1) is 22.5. The molecule has 164 valence electrons. The predicted octanol–water partition coefficient (Wildman–Crippen LogP) is 4.53. The van der Waals surface area contributed by atoms with Crippen LogP contribution in [0.4, 0.5) is 0 Å². The zero-order valence-corrected chi connectivity index (χ0v) is 20.7. The summed E-state index contributed by atoms with van der Waals surface area (Å²) in [4.78, 5) is 18.1. The standard InChI is InChI=1S/C23H30Br2N2O3/c1-2-9-27(22(28)15-17-5-6-18(24)19(25)14-17)20-7-8-23(29-12-13-30-23)16-21(20)26-10-3-4-11-26/h3-6,14,20-21H,2,7-13,15-16H2,1H3. The lowest BCUT2D eigenvalue weighted by molar-refractivity contribution is -0.199. The monoisotopic (exact) mass is 540 g/mol. The molecule has 4 rings (SSSR count). The van der Waals surface area contributed by atoms with E-state index in [-0.39, 0.29) is 18.0 Å². The number of rotatable bonds is 6. The smallest absolute Gasteiger partial charge is 0.227 e. The average molecular weight is 542 g/mol. The Kier molecular flexibility index (Phi) is 7.35. The molecule has 1 aliphatic carbocycles. The highest BCUT2D eigenvalue weighted by Crippen LogP contribution is 2.40. The van der Waals surface area contributed by atoms with E-state index in [0.29, 0.717) is 19.6 Å². The lowest BCUT2D eigenvalue weighted by Gasteiger charge is -2.48. The molecule has 30 heavy (non-hydrogen) atoms. The molecule has 5 nitrogen and oxygen atoms in total. The summed E-state index contributed by atoms with van der Waals surface area (Å²) in [6.45, 7) is 6.15. The van der Waals surface area contributed by atoms with Gasteiger partial charge in [-0.3, -0.25) is 9.69 Å². The highest BCUT2D eigenvalue weighted by atomic mass is 79.9. The van der Waals surface area contributed by atoms with Crippen molar-refractivity contribution in [3.63, 3.8) is 0 Å². The number of benzene rings is 1. The topological polar surface area (TPSA) is 42.0 Å². The van der Waals surface area contributed by atoms with Crippen LogP contribution in [0.15, 0.2) is 39.3 Å². The van der Waals surface area contributed by atoms with Crippen molar-refractivity contribution < 1.29 is 14.3 Å². The molecule has 0 bridgehead atoms. The highest BCUT2D eigenvalue weighted by Gasteiger charge is 2.49. The zero-order chi connectivity index (χ0) is 21.1. The largest absolute Gasteiger partial charge is 0.347 e. The molecular weight excluding hydrogens is 512 g/mol. The minimum Gasteiger partial charge on any atom is -0.347 e. The van der Waals surface area contributed by atoms with E-state index in [0.717, 1.165) is 59.8 Å². The summed E-state index contributed by atoms with van der Waals surface area (Å²) in [5, 5.41) is 0. The van der Waals surface area contributed by atoms with Gasteiger partial charge >= 0.3 is 0 Å². The van der Waals surface area contributed by atoms with E-state index in [4.69, 9.17) is 9.47 Å². The van der Waals surface area contributed by atoms with E-state index in [1.165, 1.54) is 0 Å². The van der Waals surface area contributed by atoms with Gasteiger partial charge in [0.05, 0.1) is 19.6 Å². The molecule has 1 saturated carbocycles. The maximum Gasteiger partial charge on any atom is 0.227 e. The van der Waals surface area contributed by atoms with E-state index < -0.39 is 5.79 Å². The van der Waals surface area contributed by atoms with Crippen molar-refractivity contribution in [2.75, 3.05) is 32.8 Å². The lowest BCUT2D eigenvalue weighted by atomic mass is 9.83. The number of halogens is 2. The summed E-state index contributed by atoms with van der Waals surface area (Å²) in [7, 11) is 0. The Morgan fingerprint density at radius 2 is 1.93 bits per heavy atom. The molecule has 1 aromatic rings. The van der Waals surface area contributed by atoms with Gasteiger partial charge in [-0.05, 0) is 62.4 Å². The first-order valence-electron chi connectivity index (χ1n) is 10.9. The van der Waals surface area contributed by atoms with Crippen LogP contribution in [-0.4, -0.2) is 66.4 Å². The van der Waals surface area contributed by atoms with Crippen LogP contribution < -0.4 is 0 Å². The molecular formula is C23H30Br2N2O3. The molecule has 1 saturated heterocycles. The second-order valence-electron chi connectivity index (χ2n) is 8.42. The molecule has 2 fully saturated rings. The molecule has 1 aromatic carbocycles. The van der Waals surface area contributed by atoms with Crippen molar-refractivity contribution >= 4 is 37.8 Å². The predicted molar refractivity (Wildman–Crippen MR) is 124 cm³/mol. The van der Waals surface area contributed by atoms with Gasteiger partial charge in [0.1, 0.15) is 0 Å². The van der Waals surface area contributed by atoms with E-state index in [2.05, 4.69) is 60.7 Å². The Morgan fingerprint density at radius 1 is 1.20 bits per heavy atom. The minimum atomic E-state index is -0.457. The third-order valence-corrected chi connectivity index (χ3v) is 8.32. The van der Waals surface area contributed by atoms with Crippen LogP contribution in [0.3, 0.4) is 0 Å². The van der Waals surface area contributed by atoms with Crippen molar-refractivity contribution in [3.8, 4) is 0 Å². The van der Waals surface area contributed by atoms with Crippen LogP contribution in [0.25, 0.3) is 0 Å². The molecule has 2 unspecified atom stereocenters. The quantitative estimate of drug-likeness (QED) is 0.496. The number of carbonyl (C=O) groups is 1. The Hall–Kier alpha value is -0.730. The maximum absolute atomic E-state index is 13.5. The van der Waals surface area contributed by atoms with Gasteiger partial charge in [-0.15, -0.1) is 0 Å². The van der Waals surface area contributed by atoms with Crippen LogP contribution in [0.2, 0.25) is 0 Å². The fourth-order valence-corrected chi connectivity index (χ4v) is 5.69. The lowest BCUT2D eigenvalue weighted by Crippen LogP contribution is -2.59. The summed E-state index contributed by atoms with van der Waals surface area (Å²) >= 11 is 7.07. The zero-order valence-electron chi connectivity index (χ0n) is 17.5. The Morgan fingerprint density at radius 3 is 2.60 bits per heavy atom. The number of ether oxygens (including phenoxy) is 2. The number of hydrogen-bond acceptors (Lipinski definition) is 4. The Bertz CT molecular complexity index is 787. The van der Waals surface area contributed by atoms with E-state index >= 15 is 0 Å². The SMILES string of the molecule is CCCN(C(=O)Cc1ccc(Br)c(Br)c1)C1CCC2(CC1N1CC=CC1)OCCO2. The second kappa shape index (κ2) is 9.82. The summed E-state index contributed by atoms with van der Waals surface area (Å²) < 4.78 is 14.1. The molecule has 3 aliphatic rings. The van der Waals surface area contributed by atoms with Gasteiger partial charge in [0.15, 0.2) is 5.79 Å². The maximum atomic E-state index is 13.5. The molecule has 0 aromatic heterocycles. The van der Waals surface area contributed by atoms with Gasteiger partial charge in [0.25, 0.3) is 0 Å². The third kappa shape index (κ3) is 4.85. The average Bonchev–Trinajstić information content (AvgIpc) is 3.42. The van der Waals surface area contributed by atoms with Gasteiger partial charge in [-0.25, -0.2) is 0 Å². The van der Waals surface area contributed by atoms with Crippen molar-refractivity contribution in [2.45, 2.75) is 56.9 Å². The van der Waals surface area contributed by atoms with Crippen LogP contribution in [-0.2, 0) is 20.7 Å². The van der Waals surface area contributed by atoms with E-state index in [9.17, 15) is 4.79 Å². The van der Waals surface area contributed by atoms with Crippen LogP contribution in [0, 0.1) is 0 Å². The fraction of sp³-hybridized carbons (Fsp3) is 0.609. The van der Waals surface area contributed by atoms with Gasteiger partial charge in [0, 0.05) is 53.5 Å². The van der Waals surface area contributed by atoms with Crippen molar-refractivity contribution in [2.24, 2.45) is 0 Å². The van der Waals surface area contributed by atoms with E-state index in [1.54, 1.807) is 0 Å². The number of hydrogen-bond donors (Lipinski definition) is 0. The van der Waals surface area contributed by atoms with E-state index in [1.807, 2.05) is 18.2 Å². The van der Waals surface area contributed by atoms with Gasteiger partial charge in [-0.1, -0.05) is 25.1 Å². The summed E-state index contributed by atoms with van der Waals surface area (Å²) in [6.07, 6.45) is 8.42. The summed E-state index contributed by atoms with van der Waals surface area (Å²) in [5.41, 5.74) is 1.03. The van der Waals surface area contributed by atoms with Crippen LogP contribution in [0.1, 0.15) is 38.2 Å². The Balaban J connectivity index is 1.54.